The molecule has 0 bridgehead atoms. The number of nitrogens with zero attached hydrogens (tertiary/aromatic N) is 2. The molecule has 2 N–H and O–H groups in total. The number of carbonyl (C=O) groups is 1. The van der Waals surface area contributed by atoms with Crippen LogP contribution in [0, 0.1) is 5.41 Å². The van der Waals surface area contributed by atoms with Crippen molar-refractivity contribution in [1.82, 2.24) is 20.6 Å². The zero-order valence-corrected chi connectivity index (χ0v) is 12.9. The quantitative estimate of drug-likeness (QED) is 0.889. The first kappa shape index (κ1) is 13.9. The van der Waals surface area contributed by atoms with Crippen LogP contribution in [0.5, 0.6) is 0 Å². The molecule has 116 valence electrons. The summed E-state index contributed by atoms with van der Waals surface area (Å²) >= 11 is 0. The maximum atomic E-state index is 12.7. The van der Waals surface area contributed by atoms with Crippen molar-refractivity contribution in [2.75, 3.05) is 0 Å². The van der Waals surface area contributed by atoms with E-state index < -0.39 is 5.41 Å². The summed E-state index contributed by atoms with van der Waals surface area (Å²) in [5.41, 5.74) is 1.32. The molecule has 1 aliphatic carbocycles. The first-order chi connectivity index (χ1) is 11.1. The van der Waals surface area contributed by atoms with Gasteiger partial charge in [0.2, 0.25) is 5.91 Å². The van der Waals surface area contributed by atoms with Crippen LogP contribution in [0.2, 0.25) is 0 Å². The van der Waals surface area contributed by atoms with Gasteiger partial charge in [0.25, 0.3) is 0 Å². The maximum absolute atomic E-state index is 12.7. The molecule has 1 amide bonds. The van der Waals surface area contributed by atoms with Crippen LogP contribution in [0.4, 0.5) is 0 Å². The molecular formula is C18H18N4O. The van der Waals surface area contributed by atoms with Crippen LogP contribution in [0.3, 0.4) is 0 Å². The zero-order chi connectivity index (χ0) is 16.0. The molecule has 0 spiro atoms. The Hall–Kier alpha value is -2.69. The molecule has 4 atom stereocenters. The van der Waals surface area contributed by atoms with Crippen LogP contribution in [0.1, 0.15) is 30.1 Å². The molecule has 0 aromatic carbocycles. The van der Waals surface area contributed by atoms with Crippen LogP contribution in [0.15, 0.2) is 61.2 Å². The van der Waals surface area contributed by atoms with Crippen LogP contribution < -0.4 is 10.6 Å². The second kappa shape index (κ2) is 4.91. The second-order valence-corrected chi connectivity index (χ2v) is 6.35. The van der Waals surface area contributed by atoms with Crippen LogP contribution >= 0.6 is 0 Å². The molecule has 4 unspecified atom stereocenters. The van der Waals surface area contributed by atoms with Gasteiger partial charge < -0.3 is 10.6 Å². The van der Waals surface area contributed by atoms with Gasteiger partial charge in [-0.05, 0) is 31.2 Å². The molecule has 2 aliphatic rings. The standard InChI is InChI=1S/C18H18N4O/c1-11-21-16-14(12-7-3-5-9-19-12)15(13-8-4-6-10-20-13)18(16,2)17(23)22-11/h3-10,14-16,21H,1H2,2H3,(H,22,23). The van der Waals surface area contributed by atoms with Gasteiger partial charge in [0.05, 0.1) is 17.3 Å². The van der Waals surface area contributed by atoms with E-state index in [1.165, 1.54) is 0 Å². The van der Waals surface area contributed by atoms with E-state index in [0.717, 1.165) is 11.4 Å². The lowest BCUT2D eigenvalue weighted by atomic mass is 9.47. The first-order valence-electron chi connectivity index (χ1n) is 7.71. The Kier molecular flexibility index (Phi) is 2.98. The summed E-state index contributed by atoms with van der Waals surface area (Å²) in [6, 6.07) is 11.7. The normalized spacial score (nSPS) is 32.3. The Morgan fingerprint density at radius 3 is 2.35 bits per heavy atom. The number of hydrogen-bond donors (Lipinski definition) is 2. The monoisotopic (exact) mass is 306 g/mol. The summed E-state index contributed by atoms with van der Waals surface area (Å²) in [7, 11) is 0. The predicted molar refractivity (Wildman–Crippen MR) is 86.3 cm³/mol. The third-order valence-corrected chi connectivity index (χ3v) is 5.13. The van der Waals surface area contributed by atoms with Crippen molar-refractivity contribution in [3.63, 3.8) is 0 Å². The molecule has 1 aliphatic heterocycles. The van der Waals surface area contributed by atoms with Crippen LogP contribution in [0.25, 0.3) is 0 Å². The smallest absolute Gasteiger partial charge is 0.234 e. The average molecular weight is 306 g/mol. The summed E-state index contributed by atoms with van der Waals surface area (Å²) in [6.07, 6.45) is 3.56. The topological polar surface area (TPSA) is 66.9 Å². The summed E-state index contributed by atoms with van der Waals surface area (Å²) < 4.78 is 0. The summed E-state index contributed by atoms with van der Waals surface area (Å²) in [4.78, 5) is 21.7. The Morgan fingerprint density at radius 1 is 1.09 bits per heavy atom. The molecule has 23 heavy (non-hydrogen) atoms. The van der Waals surface area contributed by atoms with Gasteiger partial charge >= 0.3 is 0 Å². The number of nitrogens with one attached hydrogen (secondary N) is 2. The highest BCUT2D eigenvalue weighted by Gasteiger charge is 2.66. The molecule has 0 radical (unpaired) electrons. The summed E-state index contributed by atoms with van der Waals surface area (Å²) in [5.74, 6) is 0.607. The van der Waals surface area contributed by atoms with Gasteiger partial charge in [0.15, 0.2) is 0 Å². The number of rotatable bonds is 2. The molecule has 3 heterocycles. The number of fused-ring (bicyclic) bond motifs is 1. The maximum Gasteiger partial charge on any atom is 0.234 e. The Morgan fingerprint density at radius 2 is 1.74 bits per heavy atom. The number of hydrogen-bond acceptors (Lipinski definition) is 4. The number of carbonyl (C=O) groups excluding carboxylic acids is 1. The van der Waals surface area contributed by atoms with E-state index >= 15 is 0 Å². The summed E-state index contributed by atoms with van der Waals surface area (Å²) in [6.45, 7) is 5.85. The molecule has 2 aromatic heterocycles. The first-order valence-corrected chi connectivity index (χ1v) is 7.71. The SMILES string of the molecule is C=C1NC(=O)C2(C)C(N1)C(c1ccccn1)C2c1ccccn1. The van der Waals surface area contributed by atoms with Crippen molar-refractivity contribution >= 4 is 5.91 Å². The van der Waals surface area contributed by atoms with E-state index in [2.05, 4.69) is 27.2 Å². The van der Waals surface area contributed by atoms with Crippen LogP contribution in [-0.2, 0) is 4.79 Å². The van der Waals surface area contributed by atoms with Gasteiger partial charge in [-0.2, -0.15) is 0 Å². The highest BCUT2D eigenvalue weighted by atomic mass is 16.2. The third-order valence-electron chi connectivity index (χ3n) is 5.13. The lowest BCUT2D eigenvalue weighted by molar-refractivity contribution is -0.144. The highest BCUT2D eigenvalue weighted by molar-refractivity contribution is 5.89. The molecular weight excluding hydrogens is 288 g/mol. The second-order valence-electron chi connectivity index (χ2n) is 6.35. The van der Waals surface area contributed by atoms with Gasteiger partial charge in [-0.1, -0.05) is 18.7 Å². The van der Waals surface area contributed by atoms with Crippen molar-refractivity contribution in [2.24, 2.45) is 5.41 Å². The Labute approximate surface area is 134 Å². The number of amides is 1. The van der Waals surface area contributed by atoms with Crippen molar-refractivity contribution in [1.29, 1.82) is 0 Å². The summed E-state index contributed by atoms with van der Waals surface area (Å²) in [5, 5.41) is 6.17. The number of pyridine rings is 2. The molecule has 5 nitrogen and oxygen atoms in total. The minimum atomic E-state index is -0.572. The van der Waals surface area contributed by atoms with E-state index in [-0.39, 0.29) is 23.8 Å². The minimum absolute atomic E-state index is 0.00548. The van der Waals surface area contributed by atoms with E-state index in [0.29, 0.717) is 5.82 Å². The fourth-order valence-corrected chi connectivity index (χ4v) is 4.00. The lowest BCUT2D eigenvalue weighted by Gasteiger charge is -2.60. The van der Waals surface area contributed by atoms with Gasteiger partial charge in [-0.3, -0.25) is 14.8 Å². The molecule has 2 aromatic rings. The molecule has 2 fully saturated rings. The highest BCUT2D eigenvalue weighted by Crippen LogP contribution is 2.61. The fourth-order valence-electron chi connectivity index (χ4n) is 4.00. The molecule has 4 rings (SSSR count). The average Bonchev–Trinajstić information content (AvgIpc) is 2.57. The van der Waals surface area contributed by atoms with Gasteiger partial charge in [0.1, 0.15) is 0 Å². The van der Waals surface area contributed by atoms with Crippen molar-refractivity contribution in [3.8, 4) is 0 Å². The van der Waals surface area contributed by atoms with Crippen molar-refractivity contribution < 1.29 is 4.79 Å². The number of aromatic nitrogens is 2. The van der Waals surface area contributed by atoms with Crippen LogP contribution in [-0.4, -0.2) is 21.9 Å². The van der Waals surface area contributed by atoms with Gasteiger partial charge in [-0.15, -0.1) is 0 Å². The minimum Gasteiger partial charge on any atom is -0.368 e. The molecule has 1 saturated carbocycles. The molecule has 1 saturated heterocycles. The van der Waals surface area contributed by atoms with Crippen molar-refractivity contribution in [2.45, 2.75) is 24.8 Å². The fraction of sp³-hybridized carbons (Fsp3) is 0.278. The lowest BCUT2D eigenvalue weighted by Crippen LogP contribution is -2.72. The Balaban J connectivity index is 1.83. The van der Waals surface area contributed by atoms with Gasteiger partial charge in [-0.25, -0.2) is 0 Å². The zero-order valence-electron chi connectivity index (χ0n) is 12.9. The largest absolute Gasteiger partial charge is 0.368 e. The van der Waals surface area contributed by atoms with E-state index in [9.17, 15) is 4.79 Å². The molecule has 5 heteroatoms. The van der Waals surface area contributed by atoms with Gasteiger partial charge in [0, 0.05) is 35.6 Å². The third kappa shape index (κ3) is 1.89. The van der Waals surface area contributed by atoms with E-state index in [4.69, 9.17) is 0 Å². The van der Waals surface area contributed by atoms with E-state index in [1.807, 2.05) is 43.3 Å². The predicted octanol–water partition coefficient (Wildman–Crippen LogP) is 1.92. The van der Waals surface area contributed by atoms with Crippen molar-refractivity contribution in [3.05, 3.63) is 72.6 Å². The van der Waals surface area contributed by atoms with E-state index in [1.54, 1.807) is 12.4 Å². The Bertz CT molecular complexity index is 761.